The molecule has 2 bridgehead atoms. The number of carbonyl (C=O) groups excluding carboxylic acids is 1. The van der Waals surface area contributed by atoms with Gasteiger partial charge in [0, 0.05) is 6.20 Å². The van der Waals surface area contributed by atoms with Crippen LogP contribution in [0.3, 0.4) is 0 Å². The minimum Gasteiger partial charge on any atom is -0.309 e. The normalized spacial score (nSPS) is 29.7. The zero-order valence-electron chi connectivity index (χ0n) is 12.2. The van der Waals surface area contributed by atoms with Crippen LogP contribution in [0.15, 0.2) is 24.4 Å². The first kappa shape index (κ1) is 14.9. The van der Waals surface area contributed by atoms with Gasteiger partial charge in [-0.1, -0.05) is 49.2 Å². The van der Waals surface area contributed by atoms with Gasteiger partial charge in [-0.2, -0.15) is 0 Å². The summed E-state index contributed by atoms with van der Waals surface area (Å²) >= 11 is 11.9. The molecule has 2 aliphatic rings. The number of nitrogens with one attached hydrogen (secondary N) is 1. The molecule has 0 radical (unpaired) electrons. The Bertz CT molecular complexity index is 641. The summed E-state index contributed by atoms with van der Waals surface area (Å²) < 4.78 is 0. The Kier molecular flexibility index (Phi) is 3.34. The molecule has 1 heterocycles. The fraction of sp³-hybridized carbons (Fsp3) is 0.500. The summed E-state index contributed by atoms with van der Waals surface area (Å²) in [7, 11) is 0. The predicted molar refractivity (Wildman–Crippen MR) is 85.6 cm³/mol. The highest BCUT2D eigenvalue weighted by molar-refractivity contribution is 6.36. The Labute approximate surface area is 134 Å². The largest absolute Gasteiger partial charge is 0.309 e. The number of pyridine rings is 1. The molecule has 0 saturated heterocycles. The molecule has 0 unspecified atom stereocenters. The molecule has 2 aliphatic carbocycles. The molecule has 1 aromatic heterocycles. The maximum atomic E-state index is 12.8. The van der Waals surface area contributed by atoms with Gasteiger partial charge in [-0.3, -0.25) is 4.79 Å². The molecule has 2 fully saturated rings. The van der Waals surface area contributed by atoms with Crippen molar-refractivity contribution in [3.05, 3.63) is 34.5 Å². The molecule has 1 amide bonds. The van der Waals surface area contributed by atoms with Gasteiger partial charge in [-0.25, -0.2) is 4.98 Å². The second kappa shape index (κ2) is 4.72. The van der Waals surface area contributed by atoms with E-state index < -0.39 is 5.41 Å². The van der Waals surface area contributed by atoms with Gasteiger partial charge in [0.25, 0.3) is 0 Å². The topological polar surface area (TPSA) is 42.0 Å². The van der Waals surface area contributed by atoms with Crippen molar-refractivity contribution in [3.8, 4) is 0 Å². The van der Waals surface area contributed by atoms with Crippen molar-refractivity contribution >= 4 is 34.9 Å². The van der Waals surface area contributed by atoms with Crippen LogP contribution in [0.5, 0.6) is 0 Å². The Morgan fingerprint density at radius 1 is 1.48 bits per heavy atom. The fourth-order valence-corrected chi connectivity index (χ4v) is 4.30. The number of nitrogens with zero attached hydrogens (tertiary/aromatic N) is 1. The van der Waals surface area contributed by atoms with E-state index in [1.54, 1.807) is 6.07 Å². The number of carbonyl (C=O) groups is 1. The lowest BCUT2D eigenvalue weighted by Gasteiger charge is -2.37. The van der Waals surface area contributed by atoms with Crippen LogP contribution in [-0.2, 0) is 4.79 Å². The summed E-state index contributed by atoms with van der Waals surface area (Å²) in [5, 5.41) is 3.66. The lowest BCUT2D eigenvalue weighted by atomic mass is 9.68. The molecule has 21 heavy (non-hydrogen) atoms. The van der Waals surface area contributed by atoms with Gasteiger partial charge in [0.15, 0.2) is 5.82 Å². The van der Waals surface area contributed by atoms with E-state index in [4.69, 9.17) is 23.2 Å². The van der Waals surface area contributed by atoms with E-state index in [1.165, 1.54) is 6.20 Å². The highest BCUT2D eigenvalue weighted by atomic mass is 35.5. The predicted octanol–water partition coefficient (Wildman–Crippen LogP) is 4.71. The molecule has 1 N–H and O–H groups in total. The molecular weight excluding hydrogens is 307 g/mol. The number of hydrogen-bond donors (Lipinski definition) is 1. The molecular formula is C16H18Cl2N2O. The van der Waals surface area contributed by atoms with Gasteiger partial charge in [0.2, 0.25) is 5.91 Å². The number of rotatable bonds is 2. The summed E-state index contributed by atoms with van der Waals surface area (Å²) in [5.41, 5.74) is 0.583. The minimum absolute atomic E-state index is 0.0206. The van der Waals surface area contributed by atoms with Gasteiger partial charge in [0.05, 0.1) is 15.5 Å². The van der Waals surface area contributed by atoms with Crippen LogP contribution in [0.2, 0.25) is 10.0 Å². The zero-order chi connectivity index (χ0) is 15.4. The first-order valence-electron chi connectivity index (χ1n) is 7.10. The molecule has 5 heteroatoms. The highest BCUT2D eigenvalue weighted by Crippen LogP contribution is 2.65. The van der Waals surface area contributed by atoms with Crippen LogP contribution in [0.1, 0.15) is 33.1 Å². The van der Waals surface area contributed by atoms with E-state index in [9.17, 15) is 4.79 Å². The zero-order valence-corrected chi connectivity index (χ0v) is 13.7. The molecule has 2 saturated carbocycles. The smallest absolute Gasteiger partial charge is 0.235 e. The summed E-state index contributed by atoms with van der Waals surface area (Å²) in [5.74, 6) is 0.850. The first-order valence-corrected chi connectivity index (χ1v) is 7.85. The van der Waals surface area contributed by atoms with Gasteiger partial charge in [0.1, 0.15) is 0 Å². The number of amides is 1. The average molecular weight is 325 g/mol. The van der Waals surface area contributed by atoms with Gasteiger partial charge in [-0.15, -0.1) is 0 Å². The number of anilines is 1. The number of fused-ring (bicyclic) bond motifs is 2. The third-order valence-electron chi connectivity index (χ3n) is 5.36. The first-order chi connectivity index (χ1) is 9.77. The Hall–Kier alpha value is -1.06. The van der Waals surface area contributed by atoms with Crippen LogP contribution in [-0.4, -0.2) is 10.9 Å². The van der Waals surface area contributed by atoms with Gasteiger partial charge in [-0.05, 0) is 36.7 Å². The fourth-order valence-electron chi connectivity index (χ4n) is 3.88. The number of halogens is 2. The molecule has 3 nitrogen and oxygen atoms in total. The third kappa shape index (κ3) is 2.09. The molecule has 112 valence electrons. The van der Waals surface area contributed by atoms with Crippen molar-refractivity contribution < 1.29 is 4.79 Å². The monoisotopic (exact) mass is 324 g/mol. The van der Waals surface area contributed by atoms with Crippen molar-refractivity contribution in [3.63, 3.8) is 0 Å². The molecule has 1 aromatic rings. The average Bonchev–Trinajstić information content (AvgIpc) is 2.93. The minimum atomic E-state index is -0.473. The summed E-state index contributed by atoms with van der Waals surface area (Å²) in [6.07, 6.45) is 4.28. The Morgan fingerprint density at radius 2 is 2.19 bits per heavy atom. The highest BCUT2D eigenvalue weighted by Gasteiger charge is 2.60. The molecule has 0 aliphatic heterocycles. The Balaban J connectivity index is 1.88. The van der Waals surface area contributed by atoms with Crippen molar-refractivity contribution in [2.24, 2.45) is 16.7 Å². The van der Waals surface area contributed by atoms with E-state index in [1.807, 2.05) is 0 Å². The van der Waals surface area contributed by atoms with E-state index in [2.05, 4.69) is 30.7 Å². The maximum Gasteiger partial charge on any atom is 0.235 e. The third-order valence-corrected chi connectivity index (χ3v) is 5.86. The van der Waals surface area contributed by atoms with Crippen LogP contribution < -0.4 is 5.32 Å². The van der Waals surface area contributed by atoms with E-state index >= 15 is 0 Å². The van der Waals surface area contributed by atoms with Crippen molar-refractivity contribution in [2.75, 3.05) is 5.32 Å². The van der Waals surface area contributed by atoms with Crippen LogP contribution in [0.4, 0.5) is 5.82 Å². The Morgan fingerprint density at radius 3 is 2.76 bits per heavy atom. The lowest BCUT2D eigenvalue weighted by Crippen LogP contribution is -2.37. The molecule has 0 aromatic carbocycles. The molecule has 3 rings (SSSR count). The van der Waals surface area contributed by atoms with E-state index in [0.29, 0.717) is 21.8 Å². The van der Waals surface area contributed by atoms with Gasteiger partial charge >= 0.3 is 0 Å². The van der Waals surface area contributed by atoms with Crippen molar-refractivity contribution in [1.29, 1.82) is 0 Å². The lowest BCUT2D eigenvalue weighted by molar-refractivity contribution is -0.123. The van der Waals surface area contributed by atoms with Gasteiger partial charge < -0.3 is 5.32 Å². The summed E-state index contributed by atoms with van der Waals surface area (Å²) in [6, 6.07) is 1.58. The summed E-state index contributed by atoms with van der Waals surface area (Å²) in [6.45, 7) is 8.59. The SMILES string of the molecule is C=C1C(C)(C)[C@H]2CC[C@@]1(C(=O)Nc1ncc(Cl)cc1Cl)C2. The second-order valence-electron chi connectivity index (χ2n) is 6.66. The second-order valence-corrected chi connectivity index (χ2v) is 7.50. The van der Waals surface area contributed by atoms with Crippen molar-refractivity contribution in [2.45, 2.75) is 33.1 Å². The van der Waals surface area contributed by atoms with Crippen LogP contribution in [0.25, 0.3) is 0 Å². The number of hydrogen-bond acceptors (Lipinski definition) is 2. The summed E-state index contributed by atoms with van der Waals surface area (Å²) in [4.78, 5) is 16.9. The maximum absolute atomic E-state index is 12.8. The van der Waals surface area contributed by atoms with Crippen LogP contribution in [0, 0.1) is 16.7 Å². The standard InChI is InChI=1S/C16H18Cl2N2O/c1-9-15(2,3)10-4-5-16(9,7-10)14(21)20-13-12(18)6-11(17)8-19-13/h6,8,10H,1,4-5,7H2,2-3H3,(H,19,20,21)/t10-,16+/m0/s1. The van der Waals surface area contributed by atoms with E-state index in [-0.39, 0.29) is 11.3 Å². The van der Waals surface area contributed by atoms with Crippen LogP contribution >= 0.6 is 23.2 Å². The molecule has 0 spiro atoms. The quantitative estimate of drug-likeness (QED) is 0.800. The molecule has 2 atom stereocenters. The van der Waals surface area contributed by atoms with Crippen molar-refractivity contribution in [1.82, 2.24) is 4.98 Å². The number of aromatic nitrogens is 1. The van der Waals surface area contributed by atoms with E-state index in [0.717, 1.165) is 24.8 Å².